The van der Waals surface area contributed by atoms with Crippen LogP contribution in [0.2, 0.25) is 0 Å². The van der Waals surface area contributed by atoms with E-state index in [-0.39, 0.29) is 11.7 Å². The molecule has 1 aliphatic rings. The molecule has 2 rings (SSSR count). The molecular weight excluding hydrogens is 261 g/mol. The normalized spacial score (nSPS) is 20.8. The minimum atomic E-state index is -0.541. The van der Waals surface area contributed by atoms with E-state index in [4.69, 9.17) is 5.73 Å². The highest BCUT2D eigenvalue weighted by Gasteiger charge is 2.28. The van der Waals surface area contributed by atoms with Gasteiger partial charge in [0.05, 0.1) is 11.0 Å². The maximum absolute atomic E-state index is 13.5. The molecule has 0 amide bonds. The van der Waals surface area contributed by atoms with Crippen LogP contribution in [-0.4, -0.2) is 24.1 Å². The standard InChI is InChI=1S/C14H20FN3O2/c1-9-6-13(14(18(19)20)7-12(9)15)17-5-3-4-11(8-17)10(2)16/h6-7,10-11H,3-5,8,16H2,1-2H3. The molecule has 0 aromatic heterocycles. The molecule has 2 unspecified atom stereocenters. The third-order valence-electron chi connectivity index (χ3n) is 3.99. The molecule has 0 saturated carbocycles. The average Bonchev–Trinajstić information content (AvgIpc) is 2.41. The van der Waals surface area contributed by atoms with Crippen molar-refractivity contribution in [3.05, 3.63) is 33.6 Å². The van der Waals surface area contributed by atoms with Gasteiger partial charge in [0, 0.05) is 19.1 Å². The third-order valence-corrected chi connectivity index (χ3v) is 3.99. The summed E-state index contributed by atoms with van der Waals surface area (Å²) in [5.41, 5.74) is 6.69. The van der Waals surface area contributed by atoms with Gasteiger partial charge >= 0.3 is 0 Å². The van der Waals surface area contributed by atoms with E-state index in [2.05, 4.69) is 0 Å². The Hall–Kier alpha value is -1.69. The minimum Gasteiger partial charge on any atom is -0.366 e. The van der Waals surface area contributed by atoms with Gasteiger partial charge in [0.15, 0.2) is 0 Å². The highest BCUT2D eigenvalue weighted by molar-refractivity contribution is 5.65. The number of piperidine rings is 1. The number of nitrogens with two attached hydrogens (primary N) is 1. The first-order valence-corrected chi connectivity index (χ1v) is 6.85. The van der Waals surface area contributed by atoms with Gasteiger partial charge in [-0.3, -0.25) is 10.1 Å². The second kappa shape index (κ2) is 5.75. The van der Waals surface area contributed by atoms with Gasteiger partial charge < -0.3 is 10.6 Å². The molecule has 1 aliphatic heterocycles. The summed E-state index contributed by atoms with van der Waals surface area (Å²) in [5, 5.41) is 11.1. The number of hydrogen-bond donors (Lipinski definition) is 1. The topological polar surface area (TPSA) is 72.4 Å². The maximum Gasteiger partial charge on any atom is 0.295 e. The number of benzene rings is 1. The van der Waals surface area contributed by atoms with Crippen LogP contribution in [0, 0.1) is 28.8 Å². The maximum atomic E-state index is 13.5. The fourth-order valence-corrected chi connectivity index (χ4v) is 2.71. The van der Waals surface area contributed by atoms with Gasteiger partial charge in [-0.1, -0.05) is 0 Å². The van der Waals surface area contributed by atoms with Crippen LogP contribution in [0.3, 0.4) is 0 Å². The number of nitrogens with zero attached hydrogens (tertiary/aromatic N) is 2. The molecule has 2 N–H and O–H groups in total. The molecule has 2 atom stereocenters. The lowest BCUT2D eigenvalue weighted by Gasteiger charge is -2.36. The van der Waals surface area contributed by atoms with E-state index in [1.807, 2.05) is 11.8 Å². The predicted octanol–water partition coefficient (Wildman–Crippen LogP) is 2.61. The first kappa shape index (κ1) is 14.7. The lowest BCUT2D eigenvalue weighted by atomic mass is 9.91. The van der Waals surface area contributed by atoms with Crippen molar-refractivity contribution in [1.82, 2.24) is 0 Å². The van der Waals surface area contributed by atoms with Crippen LogP contribution in [0.1, 0.15) is 25.3 Å². The molecular formula is C14H20FN3O2. The lowest BCUT2D eigenvalue weighted by Crippen LogP contribution is -2.42. The smallest absolute Gasteiger partial charge is 0.295 e. The van der Waals surface area contributed by atoms with Crippen LogP contribution in [0.15, 0.2) is 12.1 Å². The molecule has 1 saturated heterocycles. The third kappa shape index (κ3) is 2.90. The summed E-state index contributed by atoms with van der Waals surface area (Å²) < 4.78 is 13.5. The molecule has 6 heteroatoms. The molecule has 0 spiro atoms. The molecule has 0 aliphatic carbocycles. The van der Waals surface area contributed by atoms with Crippen LogP contribution in [0.25, 0.3) is 0 Å². The molecule has 0 radical (unpaired) electrons. The van der Waals surface area contributed by atoms with Crippen molar-refractivity contribution in [3.63, 3.8) is 0 Å². The van der Waals surface area contributed by atoms with Crippen molar-refractivity contribution in [2.75, 3.05) is 18.0 Å². The van der Waals surface area contributed by atoms with Gasteiger partial charge in [-0.15, -0.1) is 0 Å². The van der Waals surface area contributed by atoms with E-state index in [1.165, 1.54) is 0 Å². The largest absolute Gasteiger partial charge is 0.366 e. The van der Waals surface area contributed by atoms with E-state index in [0.29, 0.717) is 23.7 Å². The fourth-order valence-electron chi connectivity index (χ4n) is 2.71. The number of nitro benzene ring substituents is 1. The minimum absolute atomic E-state index is 0.0541. The monoisotopic (exact) mass is 281 g/mol. The van der Waals surface area contributed by atoms with Crippen LogP contribution < -0.4 is 10.6 Å². The number of nitro groups is 1. The second-order valence-electron chi connectivity index (χ2n) is 5.55. The molecule has 1 fully saturated rings. The van der Waals surface area contributed by atoms with Crippen molar-refractivity contribution in [2.24, 2.45) is 11.7 Å². The number of anilines is 1. The Labute approximate surface area is 117 Å². The molecule has 1 aromatic carbocycles. The van der Waals surface area contributed by atoms with E-state index in [1.54, 1.807) is 13.0 Å². The zero-order chi connectivity index (χ0) is 14.9. The molecule has 20 heavy (non-hydrogen) atoms. The summed E-state index contributed by atoms with van der Waals surface area (Å²) in [6.45, 7) is 5.01. The van der Waals surface area contributed by atoms with E-state index in [9.17, 15) is 14.5 Å². The van der Waals surface area contributed by atoms with Crippen LogP contribution in [0.5, 0.6) is 0 Å². The zero-order valence-corrected chi connectivity index (χ0v) is 11.8. The van der Waals surface area contributed by atoms with Crippen molar-refractivity contribution in [1.29, 1.82) is 0 Å². The number of aryl methyl sites for hydroxylation is 1. The Kier molecular flexibility index (Phi) is 4.23. The van der Waals surface area contributed by atoms with Crippen molar-refractivity contribution >= 4 is 11.4 Å². The number of hydrogen-bond acceptors (Lipinski definition) is 4. The van der Waals surface area contributed by atoms with E-state index in [0.717, 1.165) is 25.5 Å². The summed E-state index contributed by atoms with van der Waals surface area (Å²) in [7, 11) is 0. The quantitative estimate of drug-likeness (QED) is 0.682. The van der Waals surface area contributed by atoms with Crippen molar-refractivity contribution < 1.29 is 9.31 Å². The Bertz CT molecular complexity index is 519. The van der Waals surface area contributed by atoms with Crippen LogP contribution in [0.4, 0.5) is 15.8 Å². The van der Waals surface area contributed by atoms with Crippen molar-refractivity contribution in [3.8, 4) is 0 Å². The van der Waals surface area contributed by atoms with E-state index >= 15 is 0 Å². The van der Waals surface area contributed by atoms with Gasteiger partial charge in [-0.2, -0.15) is 0 Å². The summed E-state index contributed by atoms with van der Waals surface area (Å²) in [6, 6.07) is 2.63. The highest BCUT2D eigenvalue weighted by Crippen LogP contribution is 2.34. The Morgan fingerprint density at radius 2 is 2.25 bits per heavy atom. The summed E-state index contributed by atoms with van der Waals surface area (Å²) >= 11 is 0. The first-order chi connectivity index (χ1) is 9.40. The van der Waals surface area contributed by atoms with Crippen LogP contribution in [-0.2, 0) is 0 Å². The number of halogens is 1. The highest BCUT2D eigenvalue weighted by atomic mass is 19.1. The molecule has 5 nitrogen and oxygen atoms in total. The molecule has 110 valence electrons. The molecule has 0 bridgehead atoms. The van der Waals surface area contributed by atoms with Gasteiger partial charge in [0.1, 0.15) is 11.5 Å². The van der Waals surface area contributed by atoms with E-state index < -0.39 is 10.7 Å². The SMILES string of the molecule is Cc1cc(N2CCCC(C(C)N)C2)c([N+](=O)[O-])cc1F. The van der Waals surface area contributed by atoms with Gasteiger partial charge in [-0.05, 0) is 44.2 Å². The number of rotatable bonds is 3. The van der Waals surface area contributed by atoms with Crippen molar-refractivity contribution in [2.45, 2.75) is 32.7 Å². The lowest BCUT2D eigenvalue weighted by molar-refractivity contribution is -0.384. The fraction of sp³-hybridized carbons (Fsp3) is 0.571. The Balaban J connectivity index is 2.36. The van der Waals surface area contributed by atoms with Crippen LogP contribution >= 0.6 is 0 Å². The van der Waals surface area contributed by atoms with Gasteiger partial charge in [-0.25, -0.2) is 4.39 Å². The zero-order valence-electron chi connectivity index (χ0n) is 11.8. The molecule has 1 aromatic rings. The summed E-state index contributed by atoms with van der Waals surface area (Å²) in [5.74, 6) is -0.227. The summed E-state index contributed by atoms with van der Waals surface area (Å²) in [6.07, 6.45) is 1.97. The Morgan fingerprint density at radius 1 is 1.55 bits per heavy atom. The molecule has 1 heterocycles. The summed E-state index contributed by atoms with van der Waals surface area (Å²) in [4.78, 5) is 12.6. The Morgan fingerprint density at radius 3 is 2.85 bits per heavy atom. The predicted molar refractivity (Wildman–Crippen MR) is 76.4 cm³/mol. The van der Waals surface area contributed by atoms with Gasteiger partial charge in [0.25, 0.3) is 5.69 Å². The first-order valence-electron chi connectivity index (χ1n) is 6.85. The second-order valence-corrected chi connectivity index (χ2v) is 5.55. The average molecular weight is 281 g/mol. The van der Waals surface area contributed by atoms with Gasteiger partial charge in [0.2, 0.25) is 0 Å².